The molecule has 0 unspecified atom stereocenters. The highest BCUT2D eigenvalue weighted by atomic mass is 32.2. The van der Waals surface area contributed by atoms with Crippen molar-refractivity contribution in [3.8, 4) is 0 Å². The Bertz CT molecular complexity index is 502. The van der Waals surface area contributed by atoms with E-state index in [1.807, 2.05) is 32.9 Å². The van der Waals surface area contributed by atoms with Crippen LogP contribution in [0.5, 0.6) is 0 Å². The summed E-state index contributed by atoms with van der Waals surface area (Å²) in [5.41, 5.74) is 6.33. The number of nitrogens with zero attached hydrogens (tertiary/aromatic N) is 1. The van der Waals surface area contributed by atoms with Gasteiger partial charge >= 0.3 is 0 Å². The Balaban J connectivity index is 2.74. The number of hydrogen-bond acceptors (Lipinski definition) is 5. The van der Waals surface area contributed by atoms with Crippen molar-refractivity contribution in [3.05, 3.63) is 34.4 Å². The summed E-state index contributed by atoms with van der Waals surface area (Å²) in [4.78, 5) is 12.2. The molecule has 0 amide bonds. The minimum Gasteiger partial charge on any atom is -0.293 e. The molecule has 0 aliphatic rings. The maximum atomic E-state index is 12.2. The second-order valence-corrected chi connectivity index (χ2v) is 5.42. The first kappa shape index (κ1) is 15.7. The van der Waals surface area contributed by atoms with Crippen LogP contribution in [0.3, 0.4) is 0 Å². The molecule has 0 aliphatic heterocycles. The van der Waals surface area contributed by atoms with Gasteiger partial charge < -0.3 is 0 Å². The fourth-order valence-corrected chi connectivity index (χ4v) is 2.30. The molecule has 0 aliphatic carbocycles. The molecule has 0 saturated heterocycles. The number of Topliss-reactive ketones (excluding diaryl/α,β-unsaturated/α-hetero) is 1. The Kier molecular flexibility index (Phi) is 5.53. The molecule has 0 fully saturated rings. The number of nitrogens with two attached hydrogens (primary N) is 1. The fraction of sp³-hybridized carbons (Fsp3) is 0.385. The first-order valence-electron chi connectivity index (χ1n) is 5.89. The number of hydrogen-bond donors (Lipinski definition) is 3. The zero-order chi connectivity index (χ0) is 14.6. The van der Waals surface area contributed by atoms with E-state index in [2.05, 4.69) is 5.53 Å². The van der Waals surface area contributed by atoms with Gasteiger partial charge in [0.25, 0.3) is 0 Å². The van der Waals surface area contributed by atoms with Crippen LogP contribution in [-0.4, -0.2) is 28.8 Å². The highest BCUT2D eigenvalue weighted by molar-refractivity contribution is 8.14. The molecule has 1 rings (SSSR count). The lowest BCUT2D eigenvalue weighted by Gasteiger charge is -2.16. The maximum Gasteiger partial charge on any atom is 0.173 e. The average molecular weight is 280 g/mol. The standard InChI is InChI=1S/C13H20N4OS/c1-8-5-10(3)11(6-9(8)2)12(18)7-19-13(14)17(4)16-15/h5-6,14,16H,7,15H2,1-4H3. The second-order valence-electron chi connectivity index (χ2n) is 4.46. The molecule has 0 bridgehead atoms. The van der Waals surface area contributed by atoms with E-state index in [9.17, 15) is 4.79 Å². The average Bonchev–Trinajstić information content (AvgIpc) is 2.38. The molecule has 0 heterocycles. The van der Waals surface area contributed by atoms with E-state index in [1.165, 1.54) is 10.6 Å². The Morgan fingerprint density at radius 2 is 1.89 bits per heavy atom. The van der Waals surface area contributed by atoms with Crippen LogP contribution >= 0.6 is 11.8 Å². The first-order chi connectivity index (χ1) is 8.86. The molecular weight excluding hydrogens is 260 g/mol. The summed E-state index contributed by atoms with van der Waals surface area (Å²) in [6.07, 6.45) is 0. The third kappa shape index (κ3) is 4.05. The molecule has 1 aromatic carbocycles. The Morgan fingerprint density at radius 3 is 2.47 bits per heavy atom. The van der Waals surface area contributed by atoms with E-state index in [4.69, 9.17) is 11.3 Å². The number of carbonyl (C=O) groups excluding carboxylic acids is 1. The molecule has 19 heavy (non-hydrogen) atoms. The molecule has 1 aromatic rings. The summed E-state index contributed by atoms with van der Waals surface area (Å²) in [7, 11) is 1.63. The van der Waals surface area contributed by atoms with Crippen molar-refractivity contribution in [2.45, 2.75) is 20.8 Å². The van der Waals surface area contributed by atoms with Crippen LogP contribution in [0.2, 0.25) is 0 Å². The third-order valence-electron chi connectivity index (χ3n) is 2.98. The van der Waals surface area contributed by atoms with Crippen molar-refractivity contribution in [2.24, 2.45) is 5.84 Å². The van der Waals surface area contributed by atoms with Crippen molar-refractivity contribution < 1.29 is 4.79 Å². The summed E-state index contributed by atoms with van der Waals surface area (Å²) in [6, 6.07) is 3.94. The first-order valence-corrected chi connectivity index (χ1v) is 6.87. The highest BCUT2D eigenvalue weighted by Gasteiger charge is 2.13. The summed E-state index contributed by atoms with van der Waals surface area (Å²) < 4.78 is 0. The number of rotatable bonds is 4. The normalized spacial score (nSPS) is 10.4. The lowest BCUT2D eigenvalue weighted by molar-refractivity contribution is 0.102. The van der Waals surface area contributed by atoms with Crippen LogP contribution in [0.15, 0.2) is 12.1 Å². The molecule has 0 atom stereocenters. The number of amidine groups is 1. The lowest BCUT2D eigenvalue weighted by Crippen LogP contribution is -2.42. The predicted molar refractivity (Wildman–Crippen MR) is 80.3 cm³/mol. The number of thioether (sulfide) groups is 1. The monoisotopic (exact) mass is 280 g/mol. The molecular formula is C13H20N4OS. The SMILES string of the molecule is Cc1cc(C)c(C(=O)CSC(=N)N(C)NN)cc1C. The van der Waals surface area contributed by atoms with Gasteiger partial charge in [0, 0.05) is 12.6 Å². The molecule has 0 saturated carbocycles. The van der Waals surface area contributed by atoms with Crippen molar-refractivity contribution >= 4 is 22.7 Å². The molecule has 104 valence electrons. The summed E-state index contributed by atoms with van der Waals surface area (Å²) in [5.74, 6) is 5.45. The van der Waals surface area contributed by atoms with E-state index in [-0.39, 0.29) is 16.7 Å². The smallest absolute Gasteiger partial charge is 0.173 e. The fourth-order valence-electron chi connectivity index (χ4n) is 1.63. The van der Waals surface area contributed by atoms with E-state index in [0.717, 1.165) is 28.5 Å². The van der Waals surface area contributed by atoms with Crippen LogP contribution in [0, 0.1) is 26.2 Å². The van der Waals surface area contributed by atoms with E-state index >= 15 is 0 Å². The number of nitrogens with one attached hydrogen (secondary N) is 2. The third-order valence-corrected chi connectivity index (χ3v) is 3.93. The number of aryl methyl sites for hydroxylation is 3. The molecule has 0 radical (unpaired) electrons. The Labute approximate surface area is 118 Å². The van der Waals surface area contributed by atoms with Gasteiger partial charge in [-0.25, -0.2) is 0 Å². The molecule has 6 heteroatoms. The predicted octanol–water partition coefficient (Wildman–Crippen LogP) is 1.77. The number of hydrazine groups is 2. The van der Waals surface area contributed by atoms with E-state index in [1.54, 1.807) is 7.05 Å². The minimum absolute atomic E-state index is 0.0285. The number of benzene rings is 1. The van der Waals surface area contributed by atoms with Crippen LogP contribution in [0.25, 0.3) is 0 Å². The Hall–Kier alpha value is -1.37. The van der Waals surface area contributed by atoms with Gasteiger partial charge in [0.1, 0.15) is 0 Å². The van der Waals surface area contributed by atoms with Crippen LogP contribution in [0.4, 0.5) is 0 Å². The van der Waals surface area contributed by atoms with E-state index < -0.39 is 0 Å². The minimum atomic E-state index is 0.0285. The quantitative estimate of drug-likeness (QED) is 0.257. The topological polar surface area (TPSA) is 82.2 Å². The molecule has 4 N–H and O–H groups in total. The van der Waals surface area contributed by atoms with Crippen molar-refractivity contribution in [1.82, 2.24) is 10.5 Å². The molecule has 0 spiro atoms. The molecule has 0 aromatic heterocycles. The zero-order valence-electron chi connectivity index (χ0n) is 11.7. The largest absolute Gasteiger partial charge is 0.293 e. The van der Waals surface area contributed by atoms with Crippen molar-refractivity contribution in [2.75, 3.05) is 12.8 Å². The van der Waals surface area contributed by atoms with Crippen molar-refractivity contribution in [3.63, 3.8) is 0 Å². The van der Waals surface area contributed by atoms with Gasteiger partial charge in [-0.1, -0.05) is 17.8 Å². The highest BCUT2D eigenvalue weighted by Crippen LogP contribution is 2.18. The van der Waals surface area contributed by atoms with Crippen LogP contribution < -0.4 is 11.4 Å². The number of ketones is 1. The lowest BCUT2D eigenvalue weighted by atomic mass is 9.99. The van der Waals surface area contributed by atoms with Gasteiger partial charge in [-0.2, -0.15) is 5.53 Å². The number of carbonyl (C=O) groups is 1. The summed E-state index contributed by atoms with van der Waals surface area (Å²) >= 11 is 1.15. The van der Waals surface area contributed by atoms with Gasteiger partial charge in [-0.15, -0.1) is 0 Å². The van der Waals surface area contributed by atoms with Crippen molar-refractivity contribution in [1.29, 1.82) is 5.41 Å². The van der Waals surface area contributed by atoms with E-state index in [0.29, 0.717) is 0 Å². The zero-order valence-corrected chi connectivity index (χ0v) is 12.5. The van der Waals surface area contributed by atoms with Gasteiger partial charge in [-0.3, -0.25) is 21.1 Å². The summed E-state index contributed by atoms with van der Waals surface area (Å²) in [5, 5.41) is 9.23. The molecule has 5 nitrogen and oxygen atoms in total. The summed E-state index contributed by atoms with van der Waals surface area (Å²) in [6.45, 7) is 5.96. The van der Waals surface area contributed by atoms with Gasteiger partial charge in [0.15, 0.2) is 11.0 Å². The van der Waals surface area contributed by atoms with Gasteiger partial charge in [0.2, 0.25) is 0 Å². The Morgan fingerprint density at radius 1 is 1.32 bits per heavy atom. The second kappa shape index (κ2) is 6.70. The van der Waals surface area contributed by atoms with Gasteiger partial charge in [0.05, 0.1) is 5.75 Å². The van der Waals surface area contributed by atoms with Crippen LogP contribution in [-0.2, 0) is 0 Å². The van der Waals surface area contributed by atoms with Gasteiger partial charge in [-0.05, 0) is 43.5 Å². The maximum absolute atomic E-state index is 12.2. The van der Waals surface area contributed by atoms with Crippen LogP contribution in [0.1, 0.15) is 27.0 Å².